The predicted molar refractivity (Wildman–Crippen MR) is 60.3 cm³/mol. The van der Waals surface area contributed by atoms with Gasteiger partial charge in [-0.3, -0.25) is 0 Å². The topological polar surface area (TPSA) is 32.3 Å². The van der Waals surface area contributed by atoms with Crippen LogP contribution in [-0.2, 0) is 0 Å². The molecular weight excluding hydrogens is 174 g/mol. The fourth-order valence-corrected chi connectivity index (χ4v) is 1.89. The maximum absolute atomic E-state index is 8.60. The quantitative estimate of drug-likeness (QED) is 0.484. The van der Waals surface area contributed by atoms with Crippen molar-refractivity contribution < 1.29 is 5.11 Å². The van der Waals surface area contributed by atoms with Crippen LogP contribution in [0.4, 0.5) is 0 Å². The molecule has 0 saturated carbocycles. The van der Waals surface area contributed by atoms with Gasteiger partial charge in [-0.25, -0.2) is 0 Å². The molecule has 2 heteroatoms. The lowest BCUT2D eigenvalue weighted by molar-refractivity contribution is 0.282. The summed E-state index contributed by atoms with van der Waals surface area (Å²) in [6.45, 7) is 2.62. The van der Waals surface area contributed by atoms with Gasteiger partial charge in [0.25, 0.3) is 0 Å². The standard InChI is InChI=1S/C12H23NO/c14-10-6-2-5-9-13-11-12-7-3-1-4-8-12/h1,3,12-14H,2,4-11H2. The van der Waals surface area contributed by atoms with Gasteiger partial charge < -0.3 is 10.4 Å². The lowest BCUT2D eigenvalue weighted by Crippen LogP contribution is -2.24. The first-order valence-electron chi connectivity index (χ1n) is 5.90. The normalized spacial score (nSPS) is 21.4. The fraction of sp³-hybridized carbons (Fsp3) is 0.833. The summed E-state index contributed by atoms with van der Waals surface area (Å²) in [5.74, 6) is 0.859. The summed E-state index contributed by atoms with van der Waals surface area (Å²) in [7, 11) is 0. The van der Waals surface area contributed by atoms with Gasteiger partial charge in [-0.05, 0) is 57.5 Å². The zero-order chi connectivity index (χ0) is 10.1. The molecule has 1 rings (SSSR count). The third-order valence-electron chi connectivity index (χ3n) is 2.82. The van der Waals surface area contributed by atoms with E-state index in [9.17, 15) is 0 Å². The van der Waals surface area contributed by atoms with Crippen LogP contribution in [0, 0.1) is 5.92 Å². The second-order valence-electron chi connectivity index (χ2n) is 4.14. The number of unbranched alkanes of at least 4 members (excludes halogenated alkanes) is 2. The number of rotatable bonds is 7. The van der Waals surface area contributed by atoms with Crippen LogP contribution < -0.4 is 5.32 Å². The number of hydrogen-bond donors (Lipinski definition) is 2. The zero-order valence-corrected chi connectivity index (χ0v) is 9.04. The van der Waals surface area contributed by atoms with Crippen molar-refractivity contribution in [2.75, 3.05) is 19.7 Å². The highest BCUT2D eigenvalue weighted by atomic mass is 16.2. The Hall–Kier alpha value is -0.340. The Balaban J connectivity index is 1.86. The molecule has 0 aromatic carbocycles. The smallest absolute Gasteiger partial charge is 0.0431 e. The summed E-state index contributed by atoms with van der Waals surface area (Å²) in [6, 6.07) is 0. The minimum atomic E-state index is 0.341. The largest absolute Gasteiger partial charge is 0.396 e. The van der Waals surface area contributed by atoms with Crippen LogP contribution in [0.5, 0.6) is 0 Å². The van der Waals surface area contributed by atoms with E-state index in [-0.39, 0.29) is 0 Å². The average Bonchev–Trinajstić information content (AvgIpc) is 2.25. The van der Waals surface area contributed by atoms with E-state index < -0.39 is 0 Å². The first-order valence-corrected chi connectivity index (χ1v) is 5.90. The van der Waals surface area contributed by atoms with Gasteiger partial charge in [0, 0.05) is 6.61 Å². The van der Waals surface area contributed by atoms with E-state index in [1.165, 1.54) is 32.2 Å². The molecule has 0 aliphatic heterocycles. The summed E-state index contributed by atoms with van der Waals surface area (Å²) in [5.41, 5.74) is 0. The highest BCUT2D eigenvalue weighted by molar-refractivity contribution is 4.90. The van der Waals surface area contributed by atoms with E-state index in [0.717, 1.165) is 25.3 Å². The van der Waals surface area contributed by atoms with Crippen LogP contribution in [0.3, 0.4) is 0 Å². The molecule has 1 aliphatic carbocycles. The minimum absolute atomic E-state index is 0.341. The van der Waals surface area contributed by atoms with Crippen molar-refractivity contribution in [1.29, 1.82) is 0 Å². The fourth-order valence-electron chi connectivity index (χ4n) is 1.89. The lowest BCUT2D eigenvalue weighted by atomic mass is 9.94. The molecule has 0 aromatic rings. The average molecular weight is 197 g/mol. The molecule has 0 radical (unpaired) electrons. The van der Waals surface area contributed by atoms with Gasteiger partial charge in [0.15, 0.2) is 0 Å². The van der Waals surface area contributed by atoms with E-state index in [2.05, 4.69) is 17.5 Å². The van der Waals surface area contributed by atoms with Crippen molar-refractivity contribution in [3.8, 4) is 0 Å². The summed E-state index contributed by atoms with van der Waals surface area (Å²) in [6.07, 6.45) is 11.8. The Kier molecular flexibility index (Phi) is 6.71. The molecule has 0 bridgehead atoms. The Morgan fingerprint density at radius 1 is 1.21 bits per heavy atom. The summed E-state index contributed by atoms with van der Waals surface area (Å²) in [4.78, 5) is 0. The molecule has 0 aromatic heterocycles. The third-order valence-corrected chi connectivity index (χ3v) is 2.82. The van der Waals surface area contributed by atoms with E-state index in [4.69, 9.17) is 5.11 Å². The molecule has 14 heavy (non-hydrogen) atoms. The van der Waals surface area contributed by atoms with E-state index in [0.29, 0.717) is 6.61 Å². The van der Waals surface area contributed by atoms with E-state index >= 15 is 0 Å². The number of allylic oxidation sites excluding steroid dienone is 2. The van der Waals surface area contributed by atoms with Gasteiger partial charge in [0.05, 0.1) is 0 Å². The Morgan fingerprint density at radius 2 is 2.14 bits per heavy atom. The van der Waals surface area contributed by atoms with Gasteiger partial charge >= 0.3 is 0 Å². The van der Waals surface area contributed by atoms with Crippen molar-refractivity contribution in [3.05, 3.63) is 12.2 Å². The SMILES string of the molecule is OCCCCCNCC1CC=CCC1. The summed E-state index contributed by atoms with van der Waals surface area (Å²) in [5, 5.41) is 12.1. The van der Waals surface area contributed by atoms with Crippen molar-refractivity contribution in [2.45, 2.75) is 38.5 Å². The molecule has 0 heterocycles. The second kappa shape index (κ2) is 8.01. The van der Waals surface area contributed by atoms with Gasteiger partial charge in [-0.1, -0.05) is 12.2 Å². The van der Waals surface area contributed by atoms with E-state index in [1.807, 2.05) is 0 Å². The number of aliphatic hydroxyl groups excluding tert-OH is 1. The van der Waals surface area contributed by atoms with Gasteiger partial charge in [-0.2, -0.15) is 0 Å². The zero-order valence-electron chi connectivity index (χ0n) is 9.04. The molecule has 1 aliphatic rings. The molecule has 0 fully saturated rings. The summed E-state index contributed by atoms with van der Waals surface area (Å²) < 4.78 is 0. The Bertz CT molecular complexity index is 156. The van der Waals surface area contributed by atoms with Crippen LogP contribution in [0.15, 0.2) is 12.2 Å². The molecule has 2 nitrogen and oxygen atoms in total. The third kappa shape index (κ3) is 5.40. The Labute approximate surface area is 87.4 Å². The Morgan fingerprint density at radius 3 is 2.86 bits per heavy atom. The second-order valence-corrected chi connectivity index (χ2v) is 4.14. The maximum atomic E-state index is 8.60. The number of hydrogen-bond acceptors (Lipinski definition) is 2. The van der Waals surface area contributed by atoms with Gasteiger partial charge in [0.2, 0.25) is 0 Å². The highest BCUT2D eigenvalue weighted by Gasteiger charge is 2.08. The van der Waals surface area contributed by atoms with Gasteiger partial charge in [-0.15, -0.1) is 0 Å². The van der Waals surface area contributed by atoms with Crippen molar-refractivity contribution in [3.63, 3.8) is 0 Å². The molecule has 0 saturated heterocycles. The lowest BCUT2D eigenvalue weighted by Gasteiger charge is -2.17. The molecule has 1 atom stereocenters. The molecule has 82 valence electrons. The molecule has 2 N–H and O–H groups in total. The first-order chi connectivity index (χ1) is 6.93. The van der Waals surface area contributed by atoms with Crippen molar-refractivity contribution in [2.24, 2.45) is 5.92 Å². The monoisotopic (exact) mass is 197 g/mol. The van der Waals surface area contributed by atoms with Crippen LogP contribution in [0.2, 0.25) is 0 Å². The van der Waals surface area contributed by atoms with Crippen LogP contribution in [0.1, 0.15) is 38.5 Å². The van der Waals surface area contributed by atoms with Gasteiger partial charge in [0.1, 0.15) is 0 Å². The molecular formula is C12H23NO. The maximum Gasteiger partial charge on any atom is 0.0431 e. The molecule has 0 spiro atoms. The van der Waals surface area contributed by atoms with Crippen molar-refractivity contribution >= 4 is 0 Å². The van der Waals surface area contributed by atoms with Crippen molar-refractivity contribution in [1.82, 2.24) is 5.32 Å². The van der Waals surface area contributed by atoms with E-state index in [1.54, 1.807) is 0 Å². The number of aliphatic hydroxyl groups is 1. The van der Waals surface area contributed by atoms with Crippen LogP contribution >= 0.6 is 0 Å². The number of nitrogens with one attached hydrogen (secondary N) is 1. The summed E-state index contributed by atoms with van der Waals surface area (Å²) >= 11 is 0. The molecule has 1 unspecified atom stereocenters. The minimum Gasteiger partial charge on any atom is -0.396 e. The highest BCUT2D eigenvalue weighted by Crippen LogP contribution is 2.16. The van der Waals surface area contributed by atoms with Crippen LogP contribution in [-0.4, -0.2) is 24.8 Å². The first kappa shape index (κ1) is 11.7. The molecule has 0 amide bonds. The van der Waals surface area contributed by atoms with Crippen LogP contribution in [0.25, 0.3) is 0 Å². The predicted octanol–water partition coefficient (Wildman–Crippen LogP) is 2.09.